The van der Waals surface area contributed by atoms with Crippen molar-refractivity contribution in [3.8, 4) is 11.3 Å². The molecule has 2 aromatic heterocycles. The summed E-state index contributed by atoms with van der Waals surface area (Å²) in [5.41, 5.74) is 8.17. The molecule has 0 aliphatic rings. The highest BCUT2D eigenvalue weighted by molar-refractivity contribution is 5.70. The Morgan fingerprint density at radius 3 is 2.43 bits per heavy atom. The molecule has 0 fully saturated rings. The number of hydrogen-bond acceptors (Lipinski definition) is 3. The van der Waals surface area contributed by atoms with Crippen molar-refractivity contribution in [2.45, 2.75) is 66.0 Å². The Kier molecular flexibility index (Phi) is 4.12. The Morgan fingerprint density at radius 1 is 1.29 bits per heavy atom. The molecule has 0 radical (unpaired) electrons. The van der Waals surface area contributed by atoms with E-state index >= 15 is 0 Å². The van der Waals surface area contributed by atoms with Gasteiger partial charge in [-0.1, -0.05) is 27.7 Å². The van der Waals surface area contributed by atoms with E-state index in [0.29, 0.717) is 0 Å². The second-order valence-electron chi connectivity index (χ2n) is 6.88. The molecule has 5 heteroatoms. The monoisotopic (exact) mass is 289 g/mol. The molecule has 2 heterocycles. The molecule has 0 aromatic carbocycles. The van der Waals surface area contributed by atoms with Crippen molar-refractivity contribution >= 4 is 5.82 Å². The molecule has 21 heavy (non-hydrogen) atoms. The molecule has 0 bridgehead atoms. The van der Waals surface area contributed by atoms with E-state index in [9.17, 15) is 0 Å². The minimum absolute atomic E-state index is 0.0456. The molecule has 0 unspecified atom stereocenters. The standard InChI is InChI=1S/C16H27N5/c1-7-8-20-10-12(9-18-20)13-14(17)21(11(2)3)15(19-13)16(4,5)6/h9-11H,7-8,17H2,1-6H3. The lowest BCUT2D eigenvalue weighted by molar-refractivity contribution is 0.473. The molecule has 2 N–H and O–H groups in total. The topological polar surface area (TPSA) is 61.7 Å². The lowest BCUT2D eigenvalue weighted by Crippen LogP contribution is -2.21. The van der Waals surface area contributed by atoms with Crippen LogP contribution in [0, 0.1) is 0 Å². The third-order valence-electron chi connectivity index (χ3n) is 3.49. The number of rotatable bonds is 4. The maximum absolute atomic E-state index is 6.38. The van der Waals surface area contributed by atoms with Crippen LogP contribution in [0.4, 0.5) is 5.82 Å². The minimum Gasteiger partial charge on any atom is -0.383 e. The normalized spacial score (nSPS) is 12.3. The molecule has 2 aromatic rings. The number of nitrogens with two attached hydrogens (primary N) is 1. The Labute approximate surface area is 127 Å². The number of aryl methyl sites for hydroxylation is 1. The largest absolute Gasteiger partial charge is 0.383 e. The summed E-state index contributed by atoms with van der Waals surface area (Å²) >= 11 is 0. The maximum atomic E-state index is 6.38. The molecule has 116 valence electrons. The van der Waals surface area contributed by atoms with E-state index in [2.05, 4.69) is 51.2 Å². The third kappa shape index (κ3) is 2.96. The molecule has 0 atom stereocenters. The van der Waals surface area contributed by atoms with Gasteiger partial charge in [-0.15, -0.1) is 0 Å². The van der Waals surface area contributed by atoms with Gasteiger partial charge in [-0.3, -0.25) is 4.68 Å². The van der Waals surface area contributed by atoms with Crippen molar-refractivity contribution in [3.63, 3.8) is 0 Å². The van der Waals surface area contributed by atoms with Crippen LogP contribution in [0.15, 0.2) is 12.4 Å². The third-order valence-corrected chi connectivity index (χ3v) is 3.49. The van der Waals surface area contributed by atoms with Crippen molar-refractivity contribution in [2.75, 3.05) is 5.73 Å². The highest BCUT2D eigenvalue weighted by Gasteiger charge is 2.27. The summed E-state index contributed by atoms with van der Waals surface area (Å²) < 4.78 is 4.08. The summed E-state index contributed by atoms with van der Waals surface area (Å²) in [5.74, 6) is 1.75. The van der Waals surface area contributed by atoms with Crippen molar-refractivity contribution < 1.29 is 0 Å². The van der Waals surface area contributed by atoms with E-state index in [4.69, 9.17) is 10.7 Å². The van der Waals surface area contributed by atoms with Gasteiger partial charge in [-0.05, 0) is 20.3 Å². The van der Waals surface area contributed by atoms with Crippen LogP contribution in [0.1, 0.15) is 59.8 Å². The summed E-state index contributed by atoms with van der Waals surface area (Å²) in [4.78, 5) is 4.83. The Morgan fingerprint density at radius 2 is 1.95 bits per heavy atom. The number of imidazole rings is 1. The number of anilines is 1. The van der Waals surface area contributed by atoms with E-state index in [1.165, 1.54) is 0 Å². The molecule has 5 nitrogen and oxygen atoms in total. The number of nitrogens with zero attached hydrogens (tertiary/aromatic N) is 4. The van der Waals surface area contributed by atoms with Crippen LogP contribution in [0.25, 0.3) is 11.3 Å². The lowest BCUT2D eigenvalue weighted by atomic mass is 9.95. The summed E-state index contributed by atoms with van der Waals surface area (Å²) in [7, 11) is 0. The van der Waals surface area contributed by atoms with Crippen LogP contribution in [-0.2, 0) is 12.0 Å². The molecule has 2 rings (SSSR count). The van der Waals surface area contributed by atoms with Crippen LogP contribution >= 0.6 is 0 Å². The van der Waals surface area contributed by atoms with Crippen LogP contribution in [0.2, 0.25) is 0 Å². The van der Waals surface area contributed by atoms with Crippen LogP contribution in [0.5, 0.6) is 0 Å². The first-order valence-electron chi connectivity index (χ1n) is 7.66. The molecule has 0 aliphatic heterocycles. The second-order valence-corrected chi connectivity index (χ2v) is 6.88. The summed E-state index contributed by atoms with van der Waals surface area (Å²) in [6.45, 7) is 13.8. The molecule has 0 amide bonds. The van der Waals surface area contributed by atoms with Crippen LogP contribution in [-0.4, -0.2) is 19.3 Å². The van der Waals surface area contributed by atoms with Gasteiger partial charge in [0.05, 0.1) is 6.20 Å². The average molecular weight is 289 g/mol. The van der Waals surface area contributed by atoms with Gasteiger partial charge in [-0.2, -0.15) is 5.10 Å². The maximum Gasteiger partial charge on any atom is 0.132 e. The zero-order valence-electron chi connectivity index (χ0n) is 14.0. The van der Waals surface area contributed by atoms with Gasteiger partial charge in [-0.25, -0.2) is 4.98 Å². The Bertz CT molecular complexity index is 613. The van der Waals surface area contributed by atoms with Gasteiger partial charge in [0.2, 0.25) is 0 Å². The lowest BCUT2D eigenvalue weighted by Gasteiger charge is -2.22. The van der Waals surface area contributed by atoms with Crippen molar-refractivity contribution in [1.29, 1.82) is 0 Å². The summed E-state index contributed by atoms with van der Waals surface area (Å²) in [5, 5.41) is 4.38. The summed E-state index contributed by atoms with van der Waals surface area (Å²) in [6, 6.07) is 0.283. The molecule has 0 aliphatic carbocycles. The van der Waals surface area contributed by atoms with E-state index in [1.807, 2.05) is 17.1 Å². The average Bonchev–Trinajstić information content (AvgIpc) is 2.93. The van der Waals surface area contributed by atoms with E-state index in [1.54, 1.807) is 0 Å². The van der Waals surface area contributed by atoms with E-state index in [0.717, 1.165) is 35.9 Å². The predicted octanol–water partition coefficient (Wildman–Crippen LogP) is 3.62. The molecule has 0 spiro atoms. The first-order valence-corrected chi connectivity index (χ1v) is 7.66. The first kappa shape index (κ1) is 15.6. The van der Waals surface area contributed by atoms with E-state index in [-0.39, 0.29) is 11.5 Å². The van der Waals surface area contributed by atoms with Gasteiger partial charge < -0.3 is 10.3 Å². The molecule has 0 saturated carbocycles. The molecule has 0 saturated heterocycles. The van der Waals surface area contributed by atoms with Gasteiger partial charge in [0.25, 0.3) is 0 Å². The van der Waals surface area contributed by atoms with Gasteiger partial charge in [0, 0.05) is 29.8 Å². The van der Waals surface area contributed by atoms with E-state index < -0.39 is 0 Å². The summed E-state index contributed by atoms with van der Waals surface area (Å²) in [6.07, 6.45) is 4.94. The van der Waals surface area contributed by atoms with Gasteiger partial charge in [0.1, 0.15) is 17.3 Å². The number of nitrogen functional groups attached to an aromatic ring is 1. The van der Waals surface area contributed by atoms with Crippen molar-refractivity contribution in [1.82, 2.24) is 19.3 Å². The highest BCUT2D eigenvalue weighted by Crippen LogP contribution is 2.34. The van der Waals surface area contributed by atoms with Gasteiger partial charge in [0.15, 0.2) is 0 Å². The van der Waals surface area contributed by atoms with Crippen molar-refractivity contribution in [2.24, 2.45) is 0 Å². The molecular weight excluding hydrogens is 262 g/mol. The van der Waals surface area contributed by atoms with Crippen LogP contribution in [0.3, 0.4) is 0 Å². The second kappa shape index (κ2) is 5.54. The minimum atomic E-state index is -0.0456. The molecular formula is C16H27N5. The SMILES string of the molecule is CCCn1cc(-c2nc(C(C)(C)C)n(C(C)C)c2N)cn1. The zero-order chi connectivity index (χ0) is 15.8. The Balaban J connectivity index is 2.54. The predicted molar refractivity (Wildman–Crippen MR) is 87.2 cm³/mol. The number of hydrogen-bond donors (Lipinski definition) is 1. The number of aromatic nitrogens is 4. The first-order chi connectivity index (χ1) is 9.75. The fourth-order valence-corrected chi connectivity index (χ4v) is 2.55. The highest BCUT2D eigenvalue weighted by atomic mass is 15.3. The zero-order valence-corrected chi connectivity index (χ0v) is 14.0. The fraction of sp³-hybridized carbons (Fsp3) is 0.625. The van der Waals surface area contributed by atoms with Crippen molar-refractivity contribution in [3.05, 3.63) is 18.2 Å². The Hall–Kier alpha value is -1.78. The smallest absolute Gasteiger partial charge is 0.132 e. The quantitative estimate of drug-likeness (QED) is 0.935. The van der Waals surface area contributed by atoms with Crippen LogP contribution < -0.4 is 5.73 Å². The fourth-order valence-electron chi connectivity index (χ4n) is 2.55. The van der Waals surface area contributed by atoms with Gasteiger partial charge >= 0.3 is 0 Å².